The molecule has 2 aromatic carbocycles. The van der Waals surface area contributed by atoms with Crippen LogP contribution >= 0.6 is 0 Å². The van der Waals surface area contributed by atoms with Crippen molar-refractivity contribution in [1.82, 2.24) is 10.6 Å². The summed E-state index contributed by atoms with van der Waals surface area (Å²) in [5, 5.41) is 22.8. The van der Waals surface area contributed by atoms with E-state index in [0.717, 1.165) is 11.1 Å². The Labute approximate surface area is 230 Å². The van der Waals surface area contributed by atoms with Crippen LogP contribution in [0.3, 0.4) is 0 Å². The molecule has 0 saturated heterocycles. The highest BCUT2D eigenvalue weighted by atomic mass is 19.4. The van der Waals surface area contributed by atoms with Gasteiger partial charge in [0.15, 0.2) is 11.5 Å². The van der Waals surface area contributed by atoms with Crippen molar-refractivity contribution < 1.29 is 52.0 Å². The lowest BCUT2D eigenvalue weighted by Crippen LogP contribution is -2.48. The molecular formula is C27H35F3N2O8. The Balaban J connectivity index is 0.00000101. The third-order valence-corrected chi connectivity index (χ3v) is 5.33. The minimum Gasteiger partial charge on any atom is -0.493 e. The molecule has 10 nitrogen and oxygen atoms in total. The van der Waals surface area contributed by atoms with Gasteiger partial charge in [0.1, 0.15) is 12.6 Å². The molecule has 0 radical (unpaired) electrons. The highest BCUT2D eigenvalue weighted by Crippen LogP contribution is 2.28. The minimum absolute atomic E-state index is 0.172. The smallest absolute Gasteiger partial charge is 0.490 e. The molecule has 0 saturated carbocycles. The number of carboxylic acids is 2. The fraction of sp³-hybridized carbons (Fsp3) is 0.444. The van der Waals surface area contributed by atoms with Gasteiger partial charge in [-0.05, 0) is 42.0 Å². The standard InChI is InChI=1S/C25H34N2O6.C2HF3O2/c1-17(2)12-20(27-25(30)33-16-18-8-6-5-7-9-18)15-26-21(24(28)29)13-19-10-11-22(31-3)23(14-19)32-4;3-2(4,5)1(6)7/h5-11,14,17,20-21,26H,12-13,15-16H2,1-4H3,(H,27,30)(H,28,29);(H,6,7)/t20-,21-;/m0./s1. The zero-order valence-corrected chi connectivity index (χ0v) is 22.7. The van der Waals surface area contributed by atoms with Crippen molar-refractivity contribution in [2.75, 3.05) is 20.8 Å². The lowest BCUT2D eigenvalue weighted by Gasteiger charge is -2.23. The number of hydrogen-bond acceptors (Lipinski definition) is 7. The van der Waals surface area contributed by atoms with Crippen LogP contribution in [-0.4, -0.2) is 67.3 Å². The summed E-state index contributed by atoms with van der Waals surface area (Å²) in [6.07, 6.45) is -4.68. The average molecular weight is 573 g/mol. The number of nitrogens with one attached hydrogen (secondary N) is 2. The van der Waals surface area contributed by atoms with Crippen LogP contribution in [-0.2, 0) is 27.4 Å². The van der Waals surface area contributed by atoms with E-state index in [1.54, 1.807) is 19.2 Å². The lowest BCUT2D eigenvalue weighted by molar-refractivity contribution is -0.192. The number of rotatable bonds is 13. The first-order valence-corrected chi connectivity index (χ1v) is 12.2. The summed E-state index contributed by atoms with van der Waals surface area (Å²) in [5.41, 5.74) is 1.69. The molecule has 222 valence electrons. The predicted octanol–water partition coefficient (Wildman–Crippen LogP) is 4.26. The number of methoxy groups -OCH3 is 2. The zero-order chi connectivity index (χ0) is 30.3. The maximum Gasteiger partial charge on any atom is 0.490 e. The zero-order valence-electron chi connectivity index (χ0n) is 22.7. The largest absolute Gasteiger partial charge is 0.493 e. The maximum absolute atomic E-state index is 12.3. The SMILES string of the molecule is COc1ccc(C[C@H](NC[C@H](CC(C)C)NC(=O)OCc2ccccc2)C(=O)O)cc1OC.O=C(O)C(F)(F)F. The highest BCUT2D eigenvalue weighted by Gasteiger charge is 2.38. The Morgan fingerprint density at radius 3 is 2.02 bits per heavy atom. The van der Waals surface area contributed by atoms with Gasteiger partial charge in [-0.15, -0.1) is 0 Å². The number of carboxylic acid groups (broad SMARTS) is 2. The van der Waals surface area contributed by atoms with Crippen LogP contribution in [0.15, 0.2) is 48.5 Å². The molecule has 2 rings (SSSR count). The van der Waals surface area contributed by atoms with E-state index in [-0.39, 0.29) is 19.1 Å². The average Bonchev–Trinajstić information content (AvgIpc) is 2.89. The van der Waals surface area contributed by atoms with Crippen LogP contribution in [0.5, 0.6) is 11.5 Å². The summed E-state index contributed by atoms with van der Waals surface area (Å²) >= 11 is 0. The minimum atomic E-state index is -5.08. The molecule has 0 aliphatic heterocycles. The van der Waals surface area contributed by atoms with Crippen molar-refractivity contribution in [3.05, 3.63) is 59.7 Å². The number of aliphatic carboxylic acids is 2. The van der Waals surface area contributed by atoms with Crippen LogP contribution in [0.2, 0.25) is 0 Å². The Morgan fingerprint density at radius 2 is 1.52 bits per heavy atom. The first kappa shape index (κ1) is 34.0. The molecule has 0 unspecified atom stereocenters. The molecule has 1 amide bonds. The molecule has 4 N–H and O–H groups in total. The number of ether oxygens (including phenoxy) is 3. The van der Waals surface area contributed by atoms with Crippen LogP contribution in [0.4, 0.5) is 18.0 Å². The van der Waals surface area contributed by atoms with Gasteiger partial charge in [0.2, 0.25) is 0 Å². The van der Waals surface area contributed by atoms with E-state index in [9.17, 15) is 27.9 Å². The number of amides is 1. The molecular weight excluding hydrogens is 537 g/mol. The molecule has 2 aromatic rings. The van der Waals surface area contributed by atoms with Gasteiger partial charge >= 0.3 is 24.2 Å². The van der Waals surface area contributed by atoms with Crippen LogP contribution in [0.1, 0.15) is 31.4 Å². The molecule has 0 aliphatic rings. The second kappa shape index (κ2) is 16.9. The van der Waals surface area contributed by atoms with Crippen molar-refractivity contribution >= 4 is 18.0 Å². The van der Waals surface area contributed by atoms with E-state index in [4.69, 9.17) is 24.1 Å². The van der Waals surface area contributed by atoms with Crippen LogP contribution < -0.4 is 20.1 Å². The second-order valence-electron chi connectivity index (χ2n) is 9.03. The van der Waals surface area contributed by atoms with E-state index < -0.39 is 30.2 Å². The van der Waals surface area contributed by atoms with E-state index >= 15 is 0 Å². The molecule has 13 heteroatoms. The fourth-order valence-electron chi connectivity index (χ4n) is 3.47. The predicted molar refractivity (Wildman–Crippen MR) is 139 cm³/mol. The Bertz CT molecular complexity index is 1080. The van der Waals surface area contributed by atoms with Crippen molar-refractivity contribution in [2.24, 2.45) is 5.92 Å². The number of alkyl halides is 3. The number of hydrogen-bond donors (Lipinski definition) is 4. The van der Waals surface area contributed by atoms with E-state index in [1.165, 1.54) is 7.11 Å². The molecule has 0 aliphatic carbocycles. The number of halogens is 3. The third kappa shape index (κ3) is 13.2. The van der Waals surface area contributed by atoms with E-state index in [2.05, 4.69) is 10.6 Å². The summed E-state index contributed by atoms with van der Waals surface area (Å²) < 4.78 is 47.6. The van der Waals surface area contributed by atoms with Crippen LogP contribution in [0, 0.1) is 5.92 Å². The summed E-state index contributed by atoms with van der Waals surface area (Å²) in [6, 6.07) is 13.6. The molecule has 0 bridgehead atoms. The van der Waals surface area contributed by atoms with Gasteiger partial charge in [-0.2, -0.15) is 13.2 Å². The van der Waals surface area contributed by atoms with Gasteiger partial charge in [0.25, 0.3) is 0 Å². The van der Waals surface area contributed by atoms with Crippen molar-refractivity contribution in [3.8, 4) is 11.5 Å². The highest BCUT2D eigenvalue weighted by molar-refractivity contribution is 5.74. The maximum atomic E-state index is 12.3. The Kier molecular flexibility index (Phi) is 14.3. The molecule has 40 heavy (non-hydrogen) atoms. The molecule has 0 fully saturated rings. The van der Waals surface area contributed by atoms with Gasteiger partial charge in [-0.25, -0.2) is 9.59 Å². The summed E-state index contributed by atoms with van der Waals surface area (Å²) in [7, 11) is 3.08. The fourth-order valence-corrected chi connectivity index (χ4v) is 3.47. The summed E-state index contributed by atoms with van der Waals surface area (Å²) in [4.78, 5) is 33.1. The Hall–Kier alpha value is -4.00. The van der Waals surface area contributed by atoms with E-state index in [0.29, 0.717) is 30.4 Å². The molecule has 0 aromatic heterocycles. The summed E-state index contributed by atoms with van der Waals surface area (Å²) in [6.45, 7) is 4.55. The van der Waals surface area contributed by atoms with Crippen LogP contribution in [0.25, 0.3) is 0 Å². The van der Waals surface area contributed by atoms with Gasteiger partial charge < -0.3 is 35.1 Å². The van der Waals surface area contributed by atoms with Crippen molar-refractivity contribution in [2.45, 2.75) is 51.6 Å². The van der Waals surface area contributed by atoms with Gasteiger partial charge in [0.05, 0.1) is 14.2 Å². The van der Waals surface area contributed by atoms with Gasteiger partial charge in [0, 0.05) is 12.6 Å². The summed E-state index contributed by atoms with van der Waals surface area (Å²) in [5.74, 6) is -2.30. The number of carbonyl (C=O) groups is 3. The second-order valence-corrected chi connectivity index (χ2v) is 9.03. The van der Waals surface area contributed by atoms with Crippen molar-refractivity contribution in [3.63, 3.8) is 0 Å². The van der Waals surface area contributed by atoms with Crippen molar-refractivity contribution in [1.29, 1.82) is 0 Å². The number of carbonyl (C=O) groups excluding carboxylic acids is 1. The number of benzene rings is 2. The number of alkyl carbamates (subject to hydrolysis) is 1. The van der Waals surface area contributed by atoms with E-state index in [1.807, 2.05) is 50.2 Å². The monoisotopic (exact) mass is 572 g/mol. The quantitative estimate of drug-likeness (QED) is 0.277. The third-order valence-electron chi connectivity index (χ3n) is 5.33. The topological polar surface area (TPSA) is 143 Å². The van der Waals surface area contributed by atoms with Gasteiger partial charge in [-0.3, -0.25) is 4.79 Å². The first-order chi connectivity index (χ1) is 18.8. The molecule has 2 atom stereocenters. The molecule has 0 spiro atoms. The normalized spacial score (nSPS) is 12.4. The van der Waals surface area contributed by atoms with Gasteiger partial charge in [-0.1, -0.05) is 50.2 Å². The molecule has 0 heterocycles. The first-order valence-electron chi connectivity index (χ1n) is 12.2. The Morgan fingerprint density at radius 1 is 0.925 bits per heavy atom. The lowest BCUT2D eigenvalue weighted by atomic mass is 10.0.